The molecule has 0 bridgehead atoms. The standard InChI is InChI=1S/C33H48N2O5/c1-25(2)20-34-16-9-7-5-6-8-10-17-35(32(36)23-39-24-33(37)38)21-29-15-14-28(19-31(29)34)27-12-11-13-30(18-27)40-22-26(3)4/h11-15,18-19,25-26H,5-10,16-17,20-24H2,1-4H3,(H,37,38). The van der Waals surface area contributed by atoms with Gasteiger partial charge in [-0.3, -0.25) is 4.79 Å². The van der Waals surface area contributed by atoms with Crippen LogP contribution in [0.15, 0.2) is 42.5 Å². The van der Waals surface area contributed by atoms with Crippen LogP contribution in [0.4, 0.5) is 5.69 Å². The molecule has 7 nitrogen and oxygen atoms in total. The number of amides is 1. The van der Waals surface area contributed by atoms with E-state index in [0.717, 1.165) is 66.9 Å². The van der Waals surface area contributed by atoms with E-state index in [-0.39, 0.29) is 12.5 Å². The fourth-order valence-corrected chi connectivity index (χ4v) is 5.08. The minimum atomic E-state index is -1.07. The van der Waals surface area contributed by atoms with Gasteiger partial charge in [0.05, 0.1) is 6.61 Å². The molecule has 2 aromatic carbocycles. The van der Waals surface area contributed by atoms with Crippen LogP contribution < -0.4 is 9.64 Å². The van der Waals surface area contributed by atoms with Crippen molar-refractivity contribution < 1.29 is 24.2 Å². The van der Waals surface area contributed by atoms with E-state index >= 15 is 0 Å². The molecule has 1 N–H and O–H groups in total. The van der Waals surface area contributed by atoms with E-state index in [0.29, 0.717) is 31.5 Å². The SMILES string of the molecule is CC(C)COc1cccc(-c2ccc3c(c2)N(CC(C)C)CCCCCCCCN(C(=O)COCC(=O)O)C3)c1. The zero-order valence-corrected chi connectivity index (χ0v) is 24.9. The second kappa shape index (κ2) is 16.3. The van der Waals surface area contributed by atoms with E-state index < -0.39 is 12.6 Å². The fourth-order valence-electron chi connectivity index (χ4n) is 5.08. The third kappa shape index (κ3) is 10.5. The zero-order valence-electron chi connectivity index (χ0n) is 24.9. The summed E-state index contributed by atoms with van der Waals surface area (Å²) in [4.78, 5) is 28.4. The number of carboxylic acids is 1. The predicted octanol–water partition coefficient (Wildman–Crippen LogP) is 6.63. The molecule has 40 heavy (non-hydrogen) atoms. The smallest absolute Gasteiger partial charge is 0.329 e. The number of anilines is 1. The second-order valence-corrected chi connectivity index (χ2v) is 11.7. The van der Waals surface area contributed by atoms with E-state index in [1.807, 2.05) is 17.0 Å². The third-order valence-electron chi connectivity index (χ3n) is 7.03. The van der Waals surface area contributed by atoms with Gasteiger partial charge in [0.15, 0.2) is 0 Å². The van der Waals surface area contributed by atoms with Gasteiger partial charge in [-0.25, -0.2) is 4.79 Å². The first kappa shape index (κ1) is 31.5. The normalized spacial score (nSPS) is 15.2. The van der Waals surface area contributed by atoms with Crippen molar-refractivity contribution in [3.63, 3.8) is 0 Å². The average molecular weight is 553 g/mol. The molecule has 0 saturated heterocycles. The highest BCUT2D eigenvalue weighted by atomic mass is 16.5. The molecule has 0 radical (unpaired) electrons. The number of benzene rings is 2. The highest BCUT2D eigenvalue weighted by molar-refractivity contribution is 5.79. The van der Waals surface area contributed by atoms with Crippen molar-refractivity contribution >= 4 is 17.6 Å². The van der Waals surface area contributed by atoms with Crippen LogP contribution in [0.5, 0.6) is 5.75 Å². The molecule has 7 heteroatoms. The summed E-state index contributed by atoms with van der Waals surface area (Å²) in [7, 11) is 0. The molecule has 0 aliphatic carbocycles. The number of fused-ring (bicyclic) bond motifs is 1. The van der Waals surface area contributed by atoms with Crippen molar-refractivity contribution in [1.82, 2.24) is 4.90 Å². The van der Waals surface area contributed by atoms with Crippen LogP contribution in [0.1, 0.15) is 71.8 Å². The van der Waals surface area contributed by atoms with E-state index in [1.54, 1.807) is 0 Å². The average Bonchev–Trinajstić information content (AvgIpc) is 2.93. The molecule has 3 rings (SSSR count). The van der Waals surface area contributed by atoms with Crippen molar-refractivity contribution in [3.8, 4) is 16.9 Å². The molecule has 1 aliphatic heterocycles. The summed E-state index contributed by atoms with van der Waals surface area (Å²) in [6, 6.07) is 14.8. The van der Waals surface area contributed by atoms with Crippen LogP contribution in [0.2, 0.25) is 0 Å². The first-order chi connectivity index (χ1) is 19.2. The molecule has 0 saturated carbocycles. The largest absolute Gasteiger partial charge is 0.493 e. The summed E-state index contributed by atoms with van der Waals surface area (Å²) >= 11 is 0. The van der Waals surface area contributed by atoms with Crippen molar-refractivity contribution in [1.29, 1.82) is 0 Å². The fraction of sp³-hybridized carbons (Fsp3) is 0.576. The van der Waals surface area contributed by atoms with Gasteiger partial charge in [-0.1, -0.05) is 77.6 Å². The zero-order chi connectivity index (χ0) is 28.9. The van der Waals surface area contributed by atoms with Gasteiger partial charge in [-0.2, -0.15) is 0 Å². The highest BCUT2D eigenvalue weighted by Gasteiger charge is 2.20. The van der Waals surface area contributed by atoms with Crippen molar-refractivity contribution in [3.05, 3.63) is 48.0 Å². The van der Waals surface area contributed by atoms with Gasteiger partial charge in [-0.05, 0) is 59.6 Å². The molecule has 220 valence electrons. The summed E-state index contributed by atoms with van der Waals surface area (Å²) in [6.07, 6.45) is 6.70. The van der Waals surface area contributed by atoms with Gasteiger partial charge in [-0.15, -0.1) is 0 Å². The molecule has 1 aliphatic rings. The monoisotopic (exact) mass is 552 g/mol. The number of nitrogens with zero attached hydrogens (tertiary/aromatic N) is 2. The van der Waals surface area contributed by atoms with E-state index in [2.05, 4.69) is 62.9 Å². The first-order valence-corrected chi connectivity index (χ1v) is 14.9. The number of carboxylic acid groups (broad SMARTS) is 1. The predicted molar refractivity (Wildman–Crippen MR) is 161 cm³/mol. The molecule has 0 aromatic heterocycles. The molecule has 0 unspecified atom stereocenters. The van der Waals surface area contributed by atoms with Crippen LogP contribution in [0, 0.1) is 11.8 Å². The lowest BCUT2D eigenvalue weighted by molar-refractivity contribution is -0.146. The Balaban J connectivity index is 1.97. The van der Waals surface area contributed by atoms with E-state index in [9.17, 15) is 9.59 Å². The van der Waals surface area contributed by atoms with Crippen LogP contribution in [0.3, 0.4) is 0 Å². The lowest BCUT2D eigenvalue weighted by Gasteiger charge is -2.31. The van der Waals surface area contributed by atoms with Crippen LogP contribution in [0.25, 0.3) is 11.1 Å². The van der Waals surface area contributed by atoms with Gasteiger partial charge in [0.2, 0.25) is 5.91 Å². The Kier molecular flexibility index (Phi) is 12.8. The number of ether oxygens (including phenoxy) is 2. The van der Waals surface area contributed by atoms with Crippen LogP contribution in [-0.2, 0) is 20.9 Å². The van der Waals surface area contributed by atoms with Gasteiger partial charge in [0, 0.05) is 31.9 Å². The molecule has 0 spiro atoms. The Hall–Kier alpha value is -3.06. The molecule has 0 fully saturated rings. The molecule has 2 aromatic rings. The summed E-state index contributed by atoms with van der Waals surface area (Å²) in [5, 5.41) is 8.93. The second-order valence-electron chi connectivity index (χ2n) is 11.7. The topological polar surface area (TPSA) is 79.3 Å². The van der Waals surface area contributed by atoms with E-state index in [1.165, 1.54) is 12.8 Å². The summed E-state index contributed by atoms with van der Waals surface area (Å²) < 4.78 is 11.2. The van der Waals surface area contributed by atoms with Crippen molar-refractivity contribution in [2.24, 2.45) is 11.8 Å². The number of carbonyl (C=O) groups is 2. The minimum Gasteiger partial charge on any atom is -0.493 e. The summed E-state index contributed by atoms with van der Waals surface area (Å²) in [6.45, 7) is 11.8. The summed E-state index contributed by atoms with van der Waals surface area (Å²) in [5.74, 6) is 0.569. The Morgan fingerprint density at radius 1 is 0.850 bits per heavy atom. The lowest BCUT2D eigenvalue weighted by atomic mass is 10.00. The number of aliphatic carboxylic acids is 1. The van der Waals surface area contributed by atoms with Gasteiger partial charge in [0.25, 0.3) is 0 Å². The number of rotatable bonds is 10. The Morgan fingerprint density at radius 3 is 2.25 bits per heavy atom. The maximum absolute atomic E-state index is 13.1. The molecule has 1 amide bonds. The quantitative estimate of drug-likeness (QED) is 0.356. The molecular formula is C33H48N2O5. The lowest BCUT2D eigenvalue weighted by Crippen LogP contribution is -2.36. The van der Waals surface area contributed by atoms with Crippen LogP contribution in [-0.4, -0.2) is 61.3 Å². The first-order valence-electron chi connectivity index (χ1n) is 14.9. The minimum absolute atomic E-state index is 0.170. The van der Waals surface area contributed by atoms with Crippen LogP contribution >= 0.6 is 0 Å². The molecule has 1 heterocycles. The Morgan fingerprint density at radius 2 is 1.55 bits per heavy atom. The number of carbonyl (C=O) groups excluding carboxylic acids is 1. The maximum Gasteiger partial charge on any atom is 0.329 e. The maximum atomic E-state index is 13.1. The van der Waals surface area contributed by atoms with Crippen molar-refractivity contribution in [2.75, 3.05) is 44.4 Å². The molecular weight excluding hydrogens is 504 g/mol. The van der Waals surface area contributed by atoms with Crippen molar-refractivity contribution in [2.45, 2.75) is 72.8 Å². The third-order valence-corrected chi connectivity index (χ3v) is 7.03. The number of hydrogen-bond donors (Lipinski definition) is 1. The Labute approximate surface area is 240 Å². The number of hydrogen-bond acceptors (Lipinski definition) is 5. The Bertz CT molecular complexity index is 1080. The molecule has 0 atom stereocenters. The van der Waals surface area contributed by atoms with Gasteiger partial charge >= 0.3 is 5.97 Å². The van der Waals surface area contributed by atoms with Gasteiger partial charge < -0.3 is 24.4 Å². The highest BCUT2D eigenvalue weighted by Crippen LogP contribution is 2.32. The van der Waals surface area contributed by atoms with E-state index in [4.69, 9.17) is 14.6 Å². The van der Waals surface area contributed by atoms with Gasteiger partial charge in [0.1, 0.15) is 19.0 Å². The summed E-state index contributed by atoms with van der Waals surface area (Å²) in [5.41, 5.74) is 4.48.